The highest BCUT2D eigenvalue weighted by molar-refractivity contribution is 6.42. The predicted molar refractivity (Wildman–Crippen MR) is 109 cm³/mol. The Morgan fingerprint density at radius 1 is 1.07 bits per heavy atom. The third kappa shape index (κ3) is 3.88. The number of halogens is 2. The molecule has 0 aliphatic heterocycles. The van der Waals surface area contributed by atoms with E-state index in [0.29, 0.717) is 32.3 Å². The van der Waals surface area contributed by atoms with E-state index in [0.717, 1.165) is 0 Å². The Hall–Kier alpha value is -2.83. The van der Waals surface area contributed by atoms with E-state index in [1.165, 1.54) is 13.3 Å². The highest BCUT2D eigenvalue weighted by Crippen LogP contribution is 2.33. The zero-order chi connectivity index (χ0) is 20.3. The second kappa shape index (κ2) is 8.46. The topological polar surface area (TPSA) is 77.5 Å². The summed E-state index contributed by atoms with van der Waals surface area (Å²) in [4.78, 5) is 28.8. The Kier molecular flexibility index (Phi) is 6.02. The van der Waals surface area contributed by atoms with Gasteiger partial charge >= 0.3 is 11.9 Å². The SMILES string of the molecule is CCOC(=O)c1cnc2c(C(=O)OC)cccc2c1Nc1ccc(Cl)c(Cl)c1. The molecule has 0 unspecified atom stereocenters. The molecular weight excluding hydrogens is 403 g/mol. The van der Waals surface area contributed by atoms with Crippen LogP contribution >= 0.6 is 23.2 Å². The summed E-state index contributed by atoms with van der Waals surface area (Å²) in [5, 5.41) is 4.49. The number of carbonyl (C=O) groups is 2. The summed E-state index contributed by atoms with van der Waals surface area (Å²) in [6.07, 6.45) is 1.37. The lowest BCUT2D eigenvalue weighted by atomic mass is 10.0. The molecule has 6 nitrogen and oxygen atoms in total. The number of rotatable bonds is 5. The largest absolute Gasteiger partial charge is 0.465 e. The van der Waals surface area contributed by atoms with Gasteiger partial charge in [0.1, 0.15) is 5.56 Å². The first-order valence-electron chi connectivity index (χ1n) is 8.35. The Bertz CT molecular complexity index is 1070. The van der Waals surface area contributed by atoms with Crippen LogP contribution in [0, 0.1) is 0 Å². The first-order valence-corrected chi connectivity index (χ1v) is 9.11. The van der Waals surface area contributed by atoms with Crippen molar-refractivity contribution in [3.63, 3.8) is 0 Å². The van der Waals surface area contributed by atoms with Gasteiger partial charge in [0.15, 0.2) is 0 Å². The molecule has 8 heteroatoms. The van der Waals surface area contributed by atoms with E-state index >= 15 is 0 Å². The minimum absolute atomic E-state index is 0.214. The molecule has 0 amide bonds. The first-order chi connectivity index (χ1) is 13.5. The molecule has 3 aromatic rings. The molecule has 1 heterocycles. The number of methoxy groups -OCH3 is 1. The highest BCUT2D eigenvalue weighted by Gasteiger charge is 2.20. The zero-order valence-corrected chi connectivity index (χ0v) is 16.6. The normalized spacial score (nSPS) is 10.6. The van der Waals surface area contributed by atoms with Crippen molar-refractivity contribution in [2.45, 2.75) is 6.92 Å². The zero-order valence-electron chi connectivity index (χ0n) is 15.1. The van der Waals surface area contributed by atoms with E-state index in [2.05, 4.69) is 10.3 Å². The lowest BCUT2D eigenvalue weighted by Gasteiger charge is -2.15. The molecule has 144 valence electrons. The Morgan fingerprint density at radius 3 is 2.54 bits per heavy atom. The van der Waals surface area contributed by atoms with Gasteiger partial charge in [0, 0.05) is 17.3 Å². The van der Waals surface area contributed by atoms with Crippen molar-refractivity contribution in [1.29, 1.82) is 0 Å². The maximum Gasteiger partial charge on any atom is 0.341 e. The number of nitrogens with one attached hydrogen (secondary N) is 1. The van der Waals surface area contributed by atoms with E-state index in [9.17, 15) is 9.59 Å². The Balaban J connectivity index is 2.22. The summed E-state index contributed by atoms with van der Waals surface area (Å²) in [5.41, 5.74) is 1.95. The van der Waals surface area contributed by atoms with Gasteiger partial charge in [-0.15, -0.1) is 0 Å². The average molecular weight is 419 g/mol. The fourth-order valence-corrected chi connectivity index (χ4v) is 3.01. The second-order valence-electron chi connectivity index (χ2n) is 5.71. The smallest absolute Gasteiger partial charge is 0.341 e. The molecule has 0 saturated carbocycles. The van der Waals surface area contributed by atoms with Crippen LogP contribution in [0.15, 0.2) is 42.6 Å². The molecule has 0 fully saturated rings. The molecule has 0 saturated heterocycles. The molecule has 2 aromatic carbocycles. The average Bonchev–Trinajstić information content (AvgIpc) is 2.70. The number of benzene rings is 2. The van der Waals surface area contributed by atoms with Crippen LogP contribution in [0.1, 0.15) is 27.6 Å². The number of nitrogens with zero attached hydrogens (tertiary/aromatic N) is 1. The van der Waals surface area contributed by atoms with Crippen LogP contribution in [0.4, 0.5) is 11.4 Å². The Labute approximate surface area is 171 Å². The third-order valence-corrected chi connectivity index (χ3v) is 4.73. The maximum atomic E-state index is 12.5. The van der Waals surface area contributed by atoms with E-state index in [-0.39, 0.29) is 17.7 Å². The number of anilines is 2. The molecular formula is C20H16Cl2N2O4. The fraction of sp³-hybridized carbons (Fsp3) is 0.150. The van der Waals surface area contributed by atoms with Crippen LogP contribution in [-0.2, 0) is 9.47 Å². The molecule has 1 aromatic heterocycles. The van der Waals surface area contributed by atoms with E-state index in [1.54, 1.807) is 43.3 Å². The standard InChI is InChI=1S/C20H16Cl2N2O4/c1-3-28-20(26)14-10-23-17-12(5-4-6-13(17)19(25)27-2)18(14)24-11-7-8-15(21)16(22)9-11/h4-10H,3H2,1-2H3,(H,23,24). The number of esters is 2. The van der Waals surface area contributed by atoms with E-state index in [4.69, 9.17) is 32.7 Å². The summed E-state index contributed by atoms with van der Waals surface area (Å²) < 4.78 is 9.96. The Morgan fingerprint density at radius 2 is 1.86 bits per heavy atom. The van der Waals surface area contributed by atoms with Crippen molar-refractivity contribution >= 4 is 57.4 Å². The number of para-hydroxylation sites is 1. The number of aromatic nitrogens is 1. The molecule has 28 heavy (non-hydrogen) atoms. The van der Waals surface area contributed by atoms with Crippen LogP contribution in [0.3, 0.4) is 0 Å². The molecule has 3 rings (SSSR count). The van der Waals surface area contributed by atoms with Crippen molar-refractivity contribution in [3.05, 3.63) is 63.8 Å². The van der Waals surface area contributed by atoms with E-state index < -0.39 is 11.9 Å². The quantitative estimate of drug-likeness (QED) is 0.570. The van der Waals surface area contributed by atoms with Crippen LogP contribution in [0.25, 0.3) is 10.9 Å². The number of fused-ring (bicyclic) bond motifs is 1. The van der Waals surface area contributed by atoms with Crippen LogP contribution in [-0.4, -0.2) is 30.6 Å². The second-order valence-corrected chi connectivity index (χ2v) is 6.53. The summed E-state index contributed by atoms with van der Waals surface area (Å²) >= 11 is 12.1. The molecule has 0 aliphatic carbocycles. The fourth-order valence-electron chi connectivity index (χ4n) is 2.71. The lowest BCUT2D eigenvalue weighted by Crippen LogP contribution is -2.10. The van der Waals surface area contributed by atoms with Gasteiger partial charge in [-0.2, -0.15) is 0 Å². The summed E-state index contributed by atoms with van der Waals surface area (Å²) in [6, 6.07) is 10.0. The minimum Gasteiger partial charge on any atom is -0.465 e. The number of hydrogen-bond acceptors (Lipinski definition) is 6. The van der Waals surface area contributed by atoms with Gasteiger partial charge in [0.25, 0.3) is 0 Å². The van der Waals surface area contributed by atoms with Crippen molar-refractivity contribution in [2.24, 2.45) is 0 Å². The van der Waals surface area contributed by atoms with Gasteiger partial charge in [0.2, 0.25) is 0 Å². The summed E-state index contributed by atoms with van der Waals surface area (Å²) in [6.45, 7) is 1.93. The number of hydrogen-bond donors (Lipinski definition) is 1. The highest BCUT2D eigenvalue weighted by atomic mass is 35.5. The van der Waals surface area contributed by atoms with E-state index in [1.807, 2.05) is 0 Å². The van der Waals surface area contributed by atoms with Gasteiger partial charge in [-0.25, -0.2) is 9.59 Å². The van der Waals surface area contributed by atoms with Crippen molar-refractivity contribution in [2.75, 3.05) is 19.0 Å². The molecule has 0 spiro atoms. The molecule has 0 bridgehead atoms. The van der Waals surface area contributed by atoms with Crippen molar-refractivity contribution in [1.82, 2.24) is 4.98 Å². The van der Waals surface area contributed by atoms with Gasteiger partial charge in [-0.3, -0.25) is 4.98 Å². The number of pyridine rings is 1. The van der Waals surface area contributed by atoms with Gasteiger partial charge < -0.3 is 14.8 Å². The number of carbonyl (C=O) groups excluding carboxylic acids is 2. The van der Waals surface area contributed by atoms with Crippen LogP contribution in [0.2, 0.25) is 10.0 Å². The molecule has 1 N–H and O–H groups in total. The maximum absolute atomic E-state index is 12.5. The molecule has 0 atom stereocenters. The van der Waals surface area contributed by atoms with Gasteiger partial charge in [-0.1, -0.05) is 35.3 Å². The number of ether oxygens (including phenoxy) is 2. The monoisotopic (exact) mass is 418 g/mol. The minimum atomic E-state index is -0.539. The van der Waals surface area contributed by atoms with Crippen molar-refractivity contribution < 1.29 is 19.1 Å². The third-order valence-electron chi connectivity index (χ3n) is 3.99. The van der Waals surface area contributed by atoms with Gasteiger partial charge in [-0.05, 0) is 31.2 Å². The van der Waals surface area contributed by atoms with Crippen molar-refractivity contribution in [3.8, 4) is 0 Å². The molecule has 0 aliphatic rings. The predicted octanol–water partition coefficient (Wildman–Crippen LogP) is 5.25. The lowest BCUT2D eigenvalue weighted by molar-refractivity contribution is 0.0526. The van der Waals surface area contributed by atoms with Crippen LogP contribution in [0.5, 0.6) is 0 Å². The van der Waals surface area contributed by atoms with Crippen LogP contribution < -0.4 is 5.32 Å². The summed E-state index contributed by atoms with van der Waals surface area (Å²) in [7, 11) is 1.29. The van der Waals surface area contributed by atoms with Gasteiger partial charge in [0.05, 0.1) is 40.5 Å². The molecule has 0 radical (unpaired) electrons. The summed E-state index contributed by atoms with van der Waals surface area (Å²) in [5.74, 6) is -1.06. The first kappa shape index (κ1) is 19.9.